The van der Waals surface area contributed by atoms with Gasteiger partial charge < -0.3 is 19.5 Å². The first-order valence-corrected chi connectivity index (χ1v) is 7.70. The van der Waals surface area contributed by atoms with Gasteiger partial charge in [-0.05, 0) is 33.5 Å². The highest BCUT2D eigenvalue weighted by atomic mass is 16.3. The minimum atomic E-state index is -0.0748. The van der Waals surface area contributed by atoms with Crippen LogP contribution in [0.3, 0.4) is 0 Å². The van der Waals surface area contributed by atoms with E-state index in [9.17, 15) is 9.59 Å². The first-order valence-electron chi connectivity index (χ1n) is 7.70. The second-order valence-corrected chi connectivity index (χ2v) is 5.59. The van der Waals surface area contributed by atoms with Crippen molar-refractivity contribution < 1.29 is 14.0 Å². The normalized spacial score (nSPS) is 10.8. The zero-order valence-corrected chi connectivity index (χ0v) is 14.0. The van der Waals surface area contributed by atoms with Crippen molar-refractivity contribution in [3.8, 4) is 0 Å². The van der Waals surface area contributed by atoms with E-state index in [0.29, 0.717) is 37.4 Å². The molecular weight excluding hydrogens is 282 g/mol. The summed E-state index contributed by atoms with van der Waals surface area (Å²) < 4.78 is 5.18. The Bertz CT molecular complexity index is 483. The van der Waals surface area contributed by atoms with E-state index in [1.165, 1.54) is 6.26 Å². The van der Waals surface area contributed by atoms with Crippen LogP contribution in [0.4, 0.5) is 0 Å². The van der Waals surface area contributed by atoms with E-state index >= 15 is 0 Å². The molecule has 1 aromatic rings. The molecule has 0 atom stereocenters. The molecule has 0 spiro atoms. The third-order valence-electron chi connectivity index (χ3n) is 3.36. The Kier molecular flexibility index (Phi) is 7.66. The largest absolute Gasteiger partial charge is 0.469 e. The molecule has 1 aromatic heterocycles. The summed E-state index contributed by atoms with van der Waals surface area (Å²) in [5.41, 5.74) is 0.571. The summed E-state index contributed by atoms with van der Waals surface area (Å²) >= 11 is 0. The predicted octanol–water partition coefficient (Wildman–Crippen LogP) is 1.51. The van der Waals surface area contributed by atoms with Crippen molar-refractivity contribution in [1.82, 2.24) is 15.1 Å². The second kappa shape index (κ2) is 9.25. The van der Waals surface area contributed by atoms with Crippen molar-refractivity contribution >= 4 is 11.8 Å². The van der Waals surface area contributed by atoms with Crippen molar-refractivity contribution in [2.45, 2.75) is 26.7 Å². The van der Waals surface area contributed by atoms with Gasteiger partial charge >= 0.3 is 0 Å². The SMILES string of the molecule is CCCN(CCC(=O)NCCN(C)C)C(=O)c1ccoc1C. The average Bonchev–Trinajstić information content (AvgIpc) is 2.88. The maximum atomic E-state index is 12.5. The van der Waals surface area contributed by atoms with Crippen LogP contribution >= 0.6 is 0 Å². The van der Waals surface area contributed by atoms with Gasteiger partial charge in [0.25, 0.3) is 5.91 Å². The van der Waals surface area contributed by atoms with Crippen LogP contribution < -0.4 is 5.32 Å². The number of carbonyl (C=O) groups is 2. The van der Waals surface area contributed by atoms with Crippen molar-refractivity contribution in [1.29, 1.82) is 0 Å². The molecule has 0 aromatic carbocycles. The number of nitrogens with one attached hydrogen (secondary N) is 1. The molecule has 2 amide bonds. The van der Waals surface area contributed by atoms with Crippen LogP contribution in [0.5, 0.6) is 0 Å². The molecule has 0 saturated carbocycles. The van der Waals surface area contributed by atoms with E-state index in [4.69, 9.17) is 4.42 Å². The molecule has 0 aliphatic rings. The zero-order chi connectivity index (χ0) is 16.5. The van der Waals surface area contributed by atoms with Crippen LogP contribution in [0.1, 0.15) is 35.9 Å². The lowest BCUT2D eigenvalue weighted by Gasteiger charge is -2.21. The number of hydrogen-bond acceptors (Lipinski definition) is 4. The Balaban J connectivity index is 2.49. The van der Waals surface area contributed by atoms with E-state index in [1.54, 1.807) is 17.9 Å². The summed E-state index contributed by atoms with van der Waals surface area (Å²) in [6, 6.07) is 1.68. The number of likely N-dealkylation sites (N-methyl/N-ethyl adjacent to an activating group) is 1. The Hall–Kier alpha value is -1.82. The highest BCUT2D eigenvalue weighted by Gasteiger charge is 2.19. The van der Waals surface area contributed by atoms with Gasteiger partial charge in [-0.2, -0.15) is 0 Å². The Morgan fingerprint density at radius 1 is 1.23 bits per heavy atom. The number of carbonyl (C=O) groups excluding carboxylic acids is 2. The Morgan fingerprint density at radius 2 is 1.95 bits per heavy atom. The van der Waals surface area contributed by atoms with Crippen LogP contribution in [-0.2, 0) is 4.79 Å². The number of amides is 2. The number of furan rings is 1. The quantitative estimate of drug-likeness (QED) is 0.751. The van der Waals surface area contributed by atoms with Gasteiger partial charge in [0.05, 0.1) is 11.8 Å². The van der Waals surface area contributed by atoms with Gasteiger partial charge in [-0.25, -0.2) is 0 Å². The van der Waals surface area contributed by atoms with Gasteiger partial charge in [0.15, 0.2) is 0 Å². The van der Waals surface area contributed by atoms with Gasteiger partial charge in [-0.3, -0.25) is 9.59 Å². The standard InChI is InChI=1S/C16H27N3O3/c1-5-9-19(16(21)14-7-12-22-13(14)2)10-6-15(20)17-8-11-18(3)4/h7,12H,5-6,8-11H2,1-4H3,(H,17,20). The smallest absolute Gasteiger partial charge is 0.257 e. The lowest BCUT2D eigenvalue weighted by Crippen LogP contribution is -2.37. The summed E-state index contributed by atoms with van der Waals surface area (Å²) in [6.45, 7) is 6.26. The molecule has 0 bridgehead atoms. The van der Waals surface area contributed by atoms with Crippen LogP contribution in [-0.4, -0.2) is 61.9 Å². The second-order valence-electron chi connectivity index (χ2n) is 5.59. The fourth-order valence-corrected chi connectivity index (χ4v) is 2.11. The first-order chi connectivity index (χ1) is 10.5. The Labute approximate surface area is 132 Å². The molecule has 124 valence electrons. The minimum Gasteiger partial charge on any atom is -0.469 e. The van der Waals surface area contributed by atoms with Gasteiger partial charge in [0, 0.05) is 32.6 Å². The van der Waals surface area contributed by atoms with Crippen LogP contribution in [0, 0.1) is 6.92 Å². The van der Waals surface area contributed by atoms with E-state index in [-0.39, 0.29) is 11.8 Å². The zero-order valence-electron chi connectivity index (χ0n) is 14.0. The minimum absolute atomic E-state index is 0.0281. The predicted molar refractivity (Wildman–Crippen MR) is 85.8 cm³/mol. The van der Waals surface area contributed by atoms with Crippen molar-refractivity contribution in [2.75, 3.05) is 40.3 Å². The molecule has 0 unspecified atom stereocenters. The van der Waals surface area contributed by atoms with Crippen LogP contribution in [0.15, 0.2) is 16.7 Å². The van der Waals surface area contributed by atoms with Crippen LogP contribution in [0.2, 0.25) is 0 Å². The molecule has 1 rings (SSSR count). The van der Waals surface area contributed by atoms with Gasteiger partial charge in [0.1, 0.15) is 5.76 Å². The van der Waals surface area contributed by atoms with E-state index in [0.717, 1.165) is 13.0 Å². The van der Waals surface area contributed by atoms with Crippen LogP contribution in [0.25, 0.3) is 0 Å². The topological polar surface area (TPSA) is 65.8 Å². The summed E-state index contributed by atoms with van der Waals surface area (Å²) in [4.78, 5) is 28.0. The number of nitrogens with zero attached hydrogens (tertiary/aromatic N) is 2. The molecule has 6 nitrogen and oxygen atoms in total. The number of rotatable bonds is 9. The van der Waals surface area contributed by atoms with Gasteiger partial charge in [-0.1, -0.05) is 6.92 Å². The van der Waals surface area contributed by atoms with Crippen molar-refractivity contribution in [3.05, 3.63) is 23.7 Å². The first kappa shape index (κ1) is 18.2. The molecule has 22 heavy (non-hydrogen) atoms. The van der Waals surface area contributed by atoms with Crippen molar-refractivity contribution in [2.24, 2.45) is 0 Å². The fourth-order valence-electron chi connectivity index (χ4n) is 2.11. The lowest BCUT2D eigenvalue weighted by atomic mass is 10.2. The molecule has 0 aliphatic heterocycles. The Morgan fingerprint density at radius 3 is 2.50 bits per heavy atom. The molecular formula is C16H27N3O3. The summed E-state index contributed by atoms with van der Waals surface area (Å²) in [6.07, 6.45) is 2.68. The third kappa shape index (κ3) is 5.89. The molecule has 6 heteroatoms. The number of hydrogen-bond donors (Lipinski definition) is 1. The molecule has 0 radical (unpaired) electrons. The highest BCUT2D eigenvalue weighted by Crippen LogP contribution is 2.12. The molecule has 0 saturated heterocycles. The highest BCUT2D eigenvalue weighted by molar-refractivity contribution is 5.95. The monoisotopic (exact) mass is 309 g/mol. The molecule has 1 heterocycles. The third-order valence-corrected chi connectivity index (χ3v) is 3.36. The molecule has 1 N–H and O–H groups in total. The number of aryl methyl sites for hydroxylation is 1. The fraction of sp³-hybridized carbons (Fsp3) is 0.625. The summed E-state index contributed by atoms with van der Waals surface area (Å²) in [5, 5.41) is 2.86. The summed E-state index contributed by atoms with van der Waals surface area (Å²) in [5.74, 6) is 0.510. The maximum absolute atomic E-state index is 12.5. The lowest BCUT2D eigenvalue weighted by molar-refractivity contribution is -0.121. The van der Waals surface area contributed by atoms with Crippen molar-refractivity contribution in [3.63, 3.8) is 0 Å². The van der Waals surface area contributed by atoms with E-state index < -0.39 is 0 Å². The van der Waals surface area contributed by atoms with Gasteiger partial charge in [0.2, 0.25) is 5.91 Å². The van der Waals surface area contributed by atoms with Gasteiger partial charge in [-0.15, -0.1) is 0 Å². The molecule has 0 aliphatic carbocycles. The average molecular weight is 309 g/mol. The maximum Gasteiger partial charge on any atom is 0.257 e. The summed E-state index contributed by atoms with van der Waals surface area (Å²) in [7, 11) is 3.92. The van der Waals surface area contributed by atoms with E-state index in [1.807, 2.05) is 25.9 Å². The molecule has 0 fully saturated rings. The van der Waals surface area contributed by atoms with E-state index in [2.05, 4.69) is 5.32 Å².